The molecule has 4 rings (SSSR count). The van der Waals surface area contributed by atoms with Gasteiger partial charge in [-0.25, -0.2) is 26.3 Å². The largest absolute Gasteiger partial charge is 0.204 e. The van der Waals surface area contributed by atoms with Crippen LogP contribution in [0, 0.1) is 62.6 Å². The minimum atomic E-state index is -1.54. The summed E-state index contributed by atoms with van der Waals surface area (Å²) in [6.07, 6.45) is 0. The Morgan fingerprint density at radius 2 is 0.735 bits per heavy atom. The number of aryl methyl sites for hydroxylation is 2. The van der Waals surface area contributed by atoms with E-state index < -0.39 is 34.9 Å². The van der Waals surface area contributed by atoms with E-state index in [1.807, 2.05) is 13.8 Å². The molecule has 0 unspecified atom stereocenters. The smallest absolute Gasteiger partial charge is 0.194 e. The molecule has 0 fully saturated rings. The summed E-state index contributed by atoms with van der Waals surface area (Å²) in [5.74, 6) is -8.21. The van der Waals surface area contributed by atoms with Crippen LogP contribution in [0.3, 0.4) is 0 Å². The predicted molar refractivity (Wildman–Crippen MR) is 121 cm³/mol. The Balaban J connectivity index is 1.98. The van der Waals surface area contributed by atoms with Crippen molar-refractivity contribution in [3.63, 3.8) is 0 Å². The fourth-order valence-electron chi connectivity index (χ4n) is 4.51. The van der Waals surface area contributed by atoms with Crippen LogP contribution < -0.4 is 0 Å². The molecule has 6 heteroatoms. The molecule has 174 valence electrons. The molecule has 0 aromatic heterocycles. The molecular formula is C28H20F6. The molecule has 0 aliphatic heterocycles. The van der Waals surface area contributed by atoms with Crippen LogP contribution in [0.15, 0.2) is 48.5 Å². The topological polar surface area (TPSA) is 0 Å². The van der Waals surface area contributed by atoms with Crippen LogP contribution in [0.5, 0.6) is 0 Å². The average Bonchev–Trinajstić information content (AvgIpc) is 2.77. The zero-order valence-electron chi connectivity index (χ0n) is 18.9. The Labute approximate surface area is 193 Å². The highest BCUT2D eigenvalue weighted by Crippen LogP contribution is 2.41. The van der Waals surface area contributed by atoms with Crippen molar-refractivity contribution in [2.45, 2.75) is 27.7 Å². The second-order valence-electron chi connectivity index (χ2n) is 8.37. The molecule has 0 radical (unpaired) electrons. The van der Waals surface area contributed by atoms with Gasteiger partial charge in [0.25, 0.3) is 0 Å². The highest BCUT2D eigenvalue weighted by Gasteiger charge is 2.20. The number of rotatable bonds is 3. The zero-order chi connectivity index (χ0) is 24.9. The Kier molecular flexibility index (Phi) is 6.02. The van der Waals surface area contributed by atoms with Crippen molar-refractivity contribution in [2.24, 2.45) is 0 Å². The van der Waals surface area contributed by atoms with E-state index in [4.69, 9.17) is 0 Å². The molecule has 0 nitrogen and oxygen atoms in total. The van der Waals surface area contributed by atoms with Gasteiger partial charge in [0.15, 0.2) is 34.9 Å². The number of benzene rings is 4. The standard InChI is InChI=1S/C28H20F6/c1-13-5-7-19(17-9-21(29)27(33)22(30)10-17)15(3)25(13)26-14(2)6-8-20(16(26)4)18-11-23(31)28(34)24(32)12-18/h5-12H,1-4H3. The summed E-state index contributed by atoms with van der Waals surface area (Å²) in [5.41, 5.74) is 6.09. The third kappa shape index (κ3) is 3.87. The maximum absolute atomic E-state index is 13.9. The van der Waals surface area contributed by atoms with Crippen molar-refractivity contribution in [3.8, 4) is 33.4 Å². The minimum Gasteiger partial charge on any atom is -0.204 e. The molecule has 0 amide bonds. The number of hydrogen-bond donors (Lipinski definition) is 0. The van der Waals surface area contributed by atoms with Crippen LogP contribution in [-0.2, 0) is 0 Å². The summed E-state index contributed by atoms with van der Waals surface area (Å²) in [5, 5.41) is 0. The van der Waals surface area contributed by atoms with E-state index in [-0.39, 0.29) is 11.1 Å². The molecule has 0 heterocycles. The van der Waals surface area contributed by atoms with Gasteiger partial charge in [0, 0.05) is 0 Å². The van der Waals surface area contributed by atoms with Gasteiger partial charge >= 0.3 is 0 Å². The highest BCUT2D eigenvalue weighted by molar-refractivity contribution is 5.87. The van der Waals surface area contributed by atoms with Crippen molar-refractivity contribution < 1.29 is 26.3 Å². The van der Waals surface area contributed by atoms with Gasteiger partial charge in [-0.2, -0.15) is 0 Å². The first-order valence-electron chi connectivity index (χ1n) is 10.5. The fourth-order valence-corrected chi connectivity index (χ4v) is 4.51. The van der Waals surface area contributed by atoms with Gasteiger partial charge in [-0.3, -0.25) is 0 Å². The summed E-state index contributed by atoms with van der Waals surface area (Å²) >= 11 is 0. The molecular weight excluding hydrogens is 450 g/mol. The van der Waals surface area contributed by atoms with E-state index >= 15 is 0 Å². The zero-order valence-corrected chi connectivity index (χ0v) is 18.9. The van der Waals surface area contributed by atoms with Crippen LogP contribution >= 0.6 is 0 Å². The normalized spacial score (nSPS) is 11.2. The predicted octanol–water partition coefficient (Wildman–Crippen LogP) is 8.76. The van der Waals surface area contributed by atoms with E-state index in [0.29, 0.717) is 22.3 Å². The molecule has 0 bridgehead atoms. The van der Waals surface area contributed by atoms with Crippen molar-refractivity contribution >= 4 is 0 Å². The van der Waals surface area contributed by atoms with Crippen LogP contribution in [0.1, 0.15) is 22.3 Å². The minimum absolute atomic E-state index is 0.185. The van der Waals surface area contributed by atoms with Gasteiger partial charge in [0.05, 0.1) is 0 Å². The van der Waals surface area contributed by atoms with Crippen molar-refractivity contribution in [1.82, 2.24) is 0 Å². The summed E-state index contributed by atoms with van der Waals surface area (Å²) in [7, 11) is 0. The van der Waals surface area contributed by atoms with Crippen LogP contribution in [0.2, 0.25) is 0 Å². The Morgan fingerprint density at radius 3 is 1.03 bits per heavy atom. The van der Waals surface area contributed by atoms with Gasteiger partial charge < -0.3 is 0 Å². The van der Waals surface area contributed by atoms with Crippen LogP contribution in [-0.4, -0.2) is 0 Å². The summed E-state index contributed by atoms with van der Waals surface area (Å²) < 4.78 is 82.7. The Morgan fingerprint density at radius 1 is 0.441 bits per heavy atom. The Bertz CT molecular complexity index is 1300. The van der Waals surface area contributed by atoms with Gasteiger partial charge in [-0.15, -0.1) is 0 Å². The lowest BCUT2D eigenvalue weighted by Gasteiger charge is -2.21. The molecule has 0 saturated carbocycles. The van der Waals surface area contributed by atoms with Crippen LogP contribution in [0.4, 0.5) is 26.3 Å². The first kappa shape index (κ1) is 23.6. The lowest BCUT2D eigenvalue weighted by Crippen LogP contribution is -2.00. The first-order chi connectivity index (χ1) is 16.0. The van der Waals surface area contributed by atoms with E-state index in [2.05, 4.69) is 0 Å². The molecule has 0 N–H and O–H groups in total. The third-order valence-electron chi connectivity index (χ3n) is 6.19. The van der Waals surface area contributed by atoms with Crippen molar-refractivity contribution in [2.75, 3.05) is 0 Å². The Hall–Kier alpha value is -3.54. The van der Waals surface area contributed by atoms with Crippen molar-refractivity contribution in [1.29, 1.82) is 0 Å². The van der Waals surface area contributed by atoms with Gasteiger partial charge in [0.2, 0.25) is 0 Å². The second-order valence-corrected chi connectivity index (χ2v) is 8.37. The average molecular weight is 470 g/mol. The van der Waals surface area contributed by atoms with Gasteiger partial charge in [0.1, 0.15) is 0 Å². The van der Waals surface area contributed by atoms with Gasteiger partial charge in [-0.1, -0.05) is 24.3 Å². The van der Waals surface area contributed by atoms with E-state index in [0.717, 1.165) is 46.5 Å². The molecule has 4 aromatic rings. The molecule has 0 saturated heterocycles. The fraction of sp³-hybridized carbons (Fsp3) is 0.143. The summed E-state index contributed by atoms with van der Waals surface area (Å²) in [4.78, 5) is 0. The van der Waals surface area contributed by atoms with Crippen LogP contribution in [0.25, 0.3) is 33.4 Å². The van der Waals surface area contributed by atoms with E-state index in [9.17, 15) is 26.3 Å². The molecule has 0 aliphatic carbocycles. The van der Waals surface area contributed by atoms with E-state index in [1.165, 1.54) is 0 Å². The maximum atomic E-state index is 13.9. The molecule has 0 spiro atoms. The molecule has 34 heavy (non-hydrogen) atoms. The van der Waals surface area contributed by atoms with Crippen molar-refractivity contribution in [3.05, 3.63) is 106 Å². The highest BCUT2D eigenvalue weighted by atomic mass is 19.2. The lowest BCUT2D eigenvalue weighted by atomic mass is 9.83. The monoisotopic (exact) mass is 470 g/mol. The maximum Gasteiger partial charge on any atom is 0.194 e. The quantitative estimate of drug-likeness (QED) is 0.207. The molecule has 0 aliphatic rings. The van der Waals surface area contributed by atoms with Gasteiger partial charge in [-0.05, 0) is 108 Å². The number of hydrogen-bond acceptors (Lipinski definition) is 0. The van der Waals surface area contributed by atoms with E-state index in [1.54, 1.807) is 38.1 Å². The summed E-state index contributed by atoms with van der Waals surface area (Å²) in [6, 6.07) is 10.8. The SMILES string of the molecule is Cc1ccc(-c2cc(F)c(F)c(F)c2)c(C)c1-c1c(C)ccc(-c2cc(F)c(F)c(F)c2)c1C. The lowest BCUT2D eigenvalue weighted by molar-refractivity contribution is 0.447. The molecule has 0 atom stereocenters. The number of halogens is 6. The first-order valence-corrected chi connectivity index (χ1v) is 10.5. The summed E-state index contributed by atoms with van der Waals surface area (Å²) in [6.45, 7) is 7.33. The third-order valence-corrected chi connectivity index (χ3v) is 6.19. The molecule has 4 aromatic carbocycles. The second kappa shape index (κ2) is 8.67.